The van der Waals surface area contributed by atoms with E-state index >= 15 is 0 Å². The molecule has 5 nitrogen and oxygen atoms in total. The molecule has 2 rings (SSSR count). The number of aromatic nitrogens is 3. The molecule has 0 aromatic carbocycles. The Kier molecular flexibility index (Phi) is 1.82. The maximum atomic E-state index is 11.2. The van der Waals surface area contributed by atoms with Gasteiger partial charge < -0.3 is 5.21 Å². The molecule has 0 aliphatic rings. The van der Waals surface area contributed by atoms with Crippen molar-refractivity contribution in [2.24, 2.45) is 0 Å². The third-order valence-corrected chi connectivity index (χ3v) is 1.86. The molecule has 0 atom stereocenters. The van der Waals surface area contributed by atoms with Crippen molar-refractivity contribution in [3.05, 3.63) is 22.5 Å². The van der Waals surface area contributed by atoms with Crippen LogP contribution in [0.3, 0.4) is 0 Å². The van der Waals surface area contributed by atoms with Crippen LogP contribution in [0.5, 0.6) is 0 Å². The number of terminal acetylenes is 1. The Hall–Kier alpha value is -2.09. The molecule has 70 valence electrons. The van der Waals surface area contributed by atoms with Gasteiger partial charge in [-0.15, -0.1) is 12.3 Å². The van der Waals surface area contributed by atoms with E-state index in [4.69, 9.17) is 6.42 Å². The Balaban J connectivity index is 2.78. The molecule has 14 heavy (non-hydrogen) atoms. The van der Waals surface area contributed by atoms with Crippen LogP contribution in [0, 0.1) is 24.5 Å². The van der Waals surface area contributed by atoms with Gasteiger partial charge in [0.25, 0.3) is 0 Å². The maximum absolute atomic E-state index is 11.2. The lowest BCUT2D eigenvalue weighted by atomic mass is 10.1. The van der Waals surface area contributed by atoms with Crippen molar-refractivity contribution in [3.8, 4) is 12.3 Å². The van der Waals surface area contributed by atoms with Gasteiger partial charge in [-0.05, 0) is 17.9 Å². The Bertz CT molecular complexity index is 525. The van der Waals surface area contributed by atoms with Crippen LogP contribution >= 0.6 is 0 Å². The fourth-order valence-corrected chi connectivity index (χ4v) is 1.34. The van der Waals surface area contributed by atoms with Crippen molar-refractivity contribution in [3.63, 3.8) is 0 Å². The van der Waals surface area contributed by atoms with Crippen molar-refractivity contribution >= 4 is 11.2 Å². The molecule has 0 amide bonds. The second-order valence-corrected chi connectivity index (χ2v) is 2.91. The number of rotatable bonds is 1. The lowest BCUT2D eigenvalue weighted by Gasteiger charge is -1.96. The summed E-state index contributed by atoms with van der Waals surface area (Å²) in [4.78, 5) is 4.37. The highest BCUT2D eigenvalue weighted by Crippen LogP contribution is 2.13. The second kappa shape index (κ2) is 3.00. The lowest BCUT2D eigenvalue weighted by Crippen LogP contribution is -2.24. The fraction of sp³-hybridized carbons (Fsp3) is 0.222. The molecule has 0 fully saturated rings. The minimum absolute atomic E-state index is 0.297. The molecular weight excluding hydrogens is 182 g/mol. The predicted molar refractivity (Wildman–Crippen MR) is 48.0 cm³/mol. The van der Waals surface area contributed by atoms with Gasteiger partial charge in [0.15, 0.2) is 0 Å². The van der Waals surface area contributed by atoms with Gasteiger partial charge in [0, 0.05) is 17.7 Å². The average molecular weight is 189 g/mol. The lowest BCUT2D eigenvalue weighted by molar-refractivity contribution is -0.782. The molecule has 0 bridgehead atoms. The maximum Gasteiger partial charge on any atom is 0.341 e. The van der Waals surface area contributed by atoms with Crippen LogP contribution < -0.4 is 4.90 Å². The molecule has 0 N–H and O–H groups in total. The summed E-state index contributed by atoms with van der Waals surface area (Å²) in [7, 11) is 0. The van der Waals surface area contributed by atoms with E-state index in [-0.39, 0.29) is 0 Å². The van der Waals surface area contributed by atoms with Gasteiger partial charge >= 0.3 is 5.65 Å². The third kappa shape index (κ3) is 1.17. The van der Waals surface area contributed by atoms with Gasteiger partial charge in [0.05, 0.1) is 5.16 Å². The minimum atomic E-state index is 0.297. The first-order valence-corrected chi connectivity index (χ1v) is 4.02. The molecule has 2 aromatic heterocycles. The smallest absolute Gasteiger partial charge is 0.341 e. The van der Waals surface area contributed by atoms with Crippen LogP contribution in [0.1, 0.15) is 11.3 Å². The van der Waals surface area contributed by atoms with E-state index in [9.17, 15) is 5.21 Å². The number of hydrogen-bond donors (Lipinski definition) is 0. The van der Waals surface area contributed by atoms with Crippen LogP contribution in [0.2, 0.25) is 0 Å². The highest BCUT2D eigenvalue weighted by atomic mass is 16.8. The molecule has 2 heterocycles. The topological polar surface area (TPSA) is 65.9 Å². The number of pyridine rings is 1. The first kappa shape index (κ1) is 8.51. The Labute approximate surface area is 79.9 Å². The molecule has 2 aromatic rings. The average Bonchev–Trinajstić information content (AvgIpc) is 2.48. The quantitative estimate of drug-likeness (QED) is 0.479. The summed E-state index contributed by atoms with van der Waals surface area (Å²) >= 11 is 0. The number of fused-ring (bicyclic) bond motifs is 1. The Morgan fingerprint density at radius 2 is 2.50 bits per heavy atom. The van der Waals surface area contributed by atoms with Crippen LogP contribution in [-0.2, 0) is 6.42 Å². The Morgan fingerprint density at radius 1 is 1.71 bits per heavy atom. The van der Waals surface area contributed by atoms with E-state index in [0.717, 1.165) is 5.69 Å². The van der Waals surface area contributed by atoms with E-state index in [2.05, 4.69) is 20.7 Å². The van der Waals surface area contributed by atoms with E-state index in [1.807, 2.05) is 6.92 Å². The molecule has 0 aliphatic heterocycles. The molecule has 0 saturated heterocycles. The van der Waals surface area contributed by atoms with E-state index in [1.54, 1.807) is 6.07 Å². The van der Waals surface area contributed by atoms with Crippen LogP contribution in [0.15, 0.2) is 10.7 Å². The van der Waals surface area contributed by atoms with E-state index in [1.165, 1.54) is 0 Å². The summed E-state index contributed by atoms with van der Waals surface area (Å²) in [5.74, 6) is 2.47. The number of aryl methyl sites for hydroxylation is 1. The van der Waals surface area contributed by atoms with Gasteiger partial charge in [-0.25, -0.2) is 4.98 Å². The summed E-state index contributed by atoms with van der Waals surface area (Å²) in [5, 5.41) is 14.7. The first-order chi connectivity index (χ1) is 6.72. The molecule has 0 aliphatic carbocycles. The standard InChI is InChI=1S/C9H7N3O2/c1-3-4-7-5-6(2)10-9-8(7)12(13)14-11-9/h1,5H,4H2,2H3. The van der Waals surface area contributed by atoms with Crippen molar-refractivity contribution < 1.29 is 9.53 Å². The second-order valence-electron chi connectivity index (χ2n) is 2.91. The van der Waals surface area contributed by atoms with Gasteiger partial charge in [0.2, 0.25) is 5.52 Å². The van der Waals surface area contributed by atoms with Gasteiger partial charge in [-0.1, -0.05) is 0 Å². The fourth-order valence-electron chi connectivity index (χ4n) is 1.34. The summed E-state index contributed by atoms with van der Waals surface area (Å²) in [5.41, 5.74) is 2.08. The summed E-state index contributed by atoms with van der Waals surface area (Å²) in [6.07, 6.45) is 5.55. The SMILES string of the molecule is C#CCc1cc(C)nc2no[n+]([O-])c12. The van der Waals surface area contributed by atoms with Gasteiger partial charge in [-0.2, -0.15) is 0 Å². The highest BCUT2D eigenvalue weighted by molar-refractivity contribution is 5.70. The molecular formula is C9H7N3O2. The van der Waals surface area contributed by atoms with E-state index < -0.39 is 0 Å². The van der Waals surface area contributed by atoms with Crippen molar-refractivity contribution in [2.45, 2.75) is 13.3 Å². The van der Waals surface area contributed by atoms with Crippen LogP contribution in [0.4, 0.5) is 0 Å². The zero-order valence-electron chi connectivity index (χ0n) is 7.52. The molecule has 0 saturated carbocycles. The zero-order chi connectivity index (χ0) is 10.1. The summed E-state index contributed by atoms with van der Waals surface area (Å²) in [6, 6.07) is 1.76. The molecule has 5 heteroatoms. The minimum Gasteiger partial charge on any atom is -0.359 e. The normalized spacial score (nSPS) is 10.3. The third-order valence-electron chi connectivity index (χ3n) is 1.86. The summed E-state index contributed by atoms with van der Waals surface area (Å²) < 4.78 is 4.44. The number of hydrogen-bond acceptors (Lipinski definition) is 4. The summed E-state index contributed by atoms with van der Waals surface area (Å²) in [6.45, 7) is 1.81. The first-order valence-electron chi connectivity index (χ1n) is 4.02. The van der Waals surface area contributed by atoms with Crippen molar-refractivity contribution in [1.82, 2.24) is 10.1 Å². The zero-order valence-corrected chi connectivity index (χ0v) is 7.52. The van der Waals surface area contributed by atoms with Gasteiger partial charge in [-0.3, -0.25) is 4.63 Å². The van der Waals surface area contributed by atoms with E-state index in [0.29, 0.717) is 28.1 Å². The van der Waals surface area contributed by atoms with Crippen LogP contribution in [-0.4, -0.2) is 10.1 Å². The molecule has 0 unspecified atom stereocenters. The van der Waals surface area contributed by atoms with Crippen molar-refractivity contribution in [1.29, 1.82) is 0 Å². The van der Waals surface area contributed by atoms with Gasteiger partial charge in [0.1, 0.15) is 0 Å². The molecule has 0 spiro atoms. The monoisotopic (exact) mass is 189 g/mol. The van der Waals surface area contributed by atoms with Crippen molar-refractivity contribution in [2.75, 3.05) is 0 Å². The number of nitrogens with zero attached hydrogens (tertiary/aromatic N) is 3. The van der Waals surface area contributed by atoms with Crippen LogP contribution in [0.25, 0.3) is 11.2 Å². The largest absolute Gasteiger partial charge is 0.359 e. The molecule has 0 radical (unpaired) electrons. The Morgan fingerprint density at radius 3 is 3.21 bits per heavy atom. The predicted octanol–water partition coefficient (Wildman–Crippen LogP) is 0.340. The highest BCUT2D eigenvalue weighted by Gasteiger charge is 2.15.